The van der Waals surface area contributed by atoms with Gasteiger partial charge in [0.1, 0.15) is 6.33 Å². The van der Waals surface area contributed by atoms with Crippen LogP contribution < -0.4 is 10.1 Å². The van der Waals surface area contributed by atoms with E-state index >= 15 is 0 Å². The third kappa shape index (κ3) is 3.98. The molecule has 1 saturated carbocycles. The average molecular weight is 249 g/mol. The summed E-state index contributed by atoms with van der Waals surface area (Å²) in [6.45, 7) is 1.88. The van der Waals surface area contributed by atoms with Crippen LogP contribution in [0.25, 0.3) is 0 Å². The lowest BCUT2D eigenvalue weighted by Gasteiger charge is -2.22. The lowest BCUT2D eigenvalue weighted by atomic mass is 9.95. The van der Waals surface area contributed by atoms with Gasteiger partial charge in [-0.25, -0.2) is 9.97 Å². The van der Waals surface area contributed by atoms with Gasteiger partial charge in [0.05, 0.1) is 0 Å². The molecule has 0 saturated heterocycles. The number of nitrogens with zero attached hydrogens (tertiary/aromatic N) is 2. The summed E-state index contributed by atoms with van der Waals surface area (Å²) in [4.78, 5) is 19.6. The van der Waals surface area contributed by atoms with Crippen molar-refractivity contribution in [3.05, 3.63) is 18.1 Å². The molecule has 5 heteroatoms. The number of nitrogens with one attached hydrogen (secondary N) is 1. The lowest BCUT2D eigenvalue weighted by molar-refractivity contribution is -0.124. The zero-order valence-corrected chi connectivity index (χ0v) is 10.7. The van der Waals surface area contributed by atoms with Gasteiger partial charge in [0.2, 0.25) is 5.88 Å². The highest BCUT2D eigenvalue weighted by atomic mass is 16.5. The van der Waals surface area contributed by atoms with E-state index in [1.807, 2.05) is 6.92 Å². The highest BCUT2D eigenvalue weighted by Crippen LogP contribution is 2.17. The van der Waals surface area contributed by atoms with Crippen LogP contribution in [0.2, 0.25) is 0 Å². The molecule has 0 aliphatic heterocycles. The number of carbonyl (C=O) groups excluding carboxylic acids is 1. The molecule has 1 heterocycles. The fourth-order valence-corrected chi connectivity index (χ4v) is 2.16. The molecule has 1 amide bonds. The molecule has 2 rings (SSSR count). The molecule has 1 aromatic heterocycles. The van der Waals surface area contributed by atoms with Crippen molar-refractivity contribution in [2.75, 3.05) is 6.61 Å². The lowest BCUT2D eigenvalue weighted by Crippen LogP contribution is -2.39. The van der Waals surface area contributed by atoms with E-state index in [9.17, 15) is 4.79 Å². The first-order valence-corrected chi connectivity index (χ1v) is 6.45. The predicted octanol–water partition coefficient (Wildman–Crippen LogP) is 1.61. The third-order valence-corrected chi connectivity index (χ3v) is 3.10. The molecule has 1 fully saturated rings. The first-order chi connectivity index (χ1) is 8.74. The zero-order valence-electron chi connectivity index (χ0n) is 10.7. The second-order valence-corrected chi connectivity index (χ2v) is 4.69. The predicted molar refractivity (Wildman–Crippen MR) is 67.3 cm³/mol. The van der Waals surface area contributed by atoms with Crippen LogP contribution in [0.5, 0.6) is 5.88 Å². The van der Waals surface area contributed by atoms with Gasteiger partial charge in [-0.1, -0.05) is 19.3 Å². The van der Waals surface area contributed by atoms with Crippen molar-refractivity contribution < 1.29 is 9.53 Å². The second-order valence-electron chi connectivity index (χ2n) is 4.69. The minimum atomic E-state index is -0.0711. The first kappa shape index (κ1) is 12.8. The van der Waals surface area contributed by atoms with Crippen molar-refractivity contribution in [2.24, 2.45) is 0 Å². The van der Waals surface area contributed by atoms with Gasteiger partial charge < -0.3 is 10.1 Å². The summed E-state index contributed by atoms with van der Waals surface area (Å²) in [5.41, 5.74) is 0.827. The van der Waals surface area contributed by atoms with Crippen LogP contribution in [-0.4, -0.2) is 28.5 Å². The Morgan fingerprint density at radius 1 is 1.39 bits per heavy atom. The number of amides is 1. The summed E-state index contributed by atoms with van der Waals surface area (Å²) in [5, 5.41) is 3.00. The number of rotatable bonds is 4. The normalized spacial score (nSPS) is 16.3. The molecule has 5 nitrogen and oxygen atoms in total. The minimum absolute atomic E-state index is 0.0208. The average Bonchev–Trinajstić information content (AvgIpc) is 2.38. The maximum atomic E-state index is 11.7. The van der Waals surface area contributed by atoms with E-state index < -0.39 is 0 Å². The molecule has 0 atom stereocenters. The molecule has 1 aliphatic carbocycles. The van der Waals surface area contributed by atoms with Crippen molar-refractivity contribution in [3.63, 3.8) is 0 Å². The largest absolute Gasteiger partial charge is 0.467 e. The van der Waals surface area contributed by atoms with Crippen LogP contribution in [0.1, 0.15) is 37.8 Å². The topological polar surface area (TPSA) is 64.1 Å². The van der Waals surface area contributed by atoms with Gasteiger partial charge in [0.25, 0.3) is 5.91 Å². The molecule has 1 aromatic rings. The van der Waals surface area contributed by atoms with Gasteiger partial charge >= 0.3 is 0 Å². The summed E-state index contributed by atoms with van der Waals surface area (Å²) in [6, 6.07) is 2.04. The van der Waals surface area contributed by atoms with E-state index in [1.165, 1.54) is 25.6 Å². The quantitative estimate of drug-likeness (QED) is 0.880. The summed E-state index contributed by atoms with van der Waals surface area (Å²) in [7, 11) is 0. The summed E-state index contributed by atoms with van der Waals surface area (Å²) >= 11 is 0. The van der Waals surface area contributed by atoms with E-state index in [4.69, 9.17) is 4.74 Å². The van der Waals surface area contributed by atoms with Crippen LogP contribution in [-0.2, 0) is 4.79 Å². The van der Waals surface area contributed by atoms with E-state index in [0.29, 0.717) is 11.9 Å². The fraction of sp³-hybridized carbons (Fsp3) is 0.615. The molecular formula is C13H19N3O2. The Balaban J connectivity index is 1.74. The molecule has 0 radical (unpaired) electrons. The van der Waals surface area contributed by atoms with Gasteiger partial charge in [0.15, 0.2) is 6.61 Å². The molecule has 0 unspecified atom stereocenters. The summed E-state index contributed by atoms with van der Waals surface area (Å²) < 4.78 is 5.33. The summed E-state index contributed by atoms with van der Waals surface area (Å²) in [6.07, 6.45) is 7.29. The van der Waals surface area contributed by atoms with Crippen molar-refractivity contribution >= 4 is 5.91 Å². The molecule has 18 heavy (non-hydrogen) atoms. The molecular weight excluding hydrogens is 230 g/mol. The van der Waals surface area contributed by atoms with Crippen LogP contribution >= 0.6 is 0 Å². The number of ether oxygens (including phenoxy) is 1. The van der Waals surface area contributed by atoms with Gasteiger partial charge in [-0.3, -0.25) is 4.79 Å². The summed E-state index contributed by atoms with van der Waals surface area (Å²) in [5.74, 6) is 0.374. The molecule has 1 aliphatic rings. The van der Waals surface area contributed by atoms with Crippen LogP contribution in [0, 0.1) is 6.92 Å². The number of aryl methyl sites for hydroxylation is 1. The van der Waals surface area contributed by atoms with Crippen LogP contribution in [0.3, 0.4) is 0 Å². The van der Waals surface area contributed by atoms with Crippen molar-refractivity contribution in [3.8, 4) is 5.88 Å². The standard InChI is InChI=1S/C13H19N3O2/c1-10-7-13(15-9-14-10)18-8-12(17)16-11-5-3-2-4-6-11/h7,9,11H,2-6,8H2,1H3,(H,16,17). The molecule has 0 spiro atoms. The Kier molecular flexibility index (Phi) is 4.50. The second kappa shape index (κ2) is 6.33. The van der Waals surface area contributed by atoms with Crippen molar-refractivity contribution in [1.29, 1.82) is 0 Å². The minimum Gasteiger partial charge on any atom is -0.467 e. The highest BCUT2D eigenvalue weighted by Gasteiger charge is 2.15. The number of carbonyl (C=O) groups is 1. The Bertz CT molecular complexity index is 403. The fourth-order valence-electron chi connectivity index (χ4n) is 2.16. The number of hydrogen-bond acceptors (Lipinski definition) is 4. The van der Waals surface area contributed by atoms with Gasteiger partial charge in [-0.15, -0.1) is 0 Å². The maximum absolute atomic E-state index is 11.7. The van der Waals surface area contributed by atoms with E-state index in [-0.39, 0.29) is 12.5 Å². The maximum Gasteiger partial charge on any atom is 0.258 e. The van der Waals surface area contributed by atoms with Crippen molar-refractivity contribution in [2.45, 2.75) is 45.1 Å². The molecule has 1 N–H and O–H groups in total. The molecule has 98 valence electrons. The molecule has 0 bridgehead atoms. The zero-order chi connectivity index (χ0) is 12.8. The van der Waals surface area contributed by atoms with Gasteiger partial charge in [-0.2, -0.15) is 0 Å². The highest BCUT2D eigenvalue weighted by molar-refractivity contribution is 5.77. The van der Waals surface area contributed by atoms with Gasteiger partial charge in [-0.05, 0) is 19.8 Å². The van der Waals surface area contributed by atoms with Crippen molar-refractivity contribution in [1.82, 2.24) is 15.3 Å². The smallest absolute Gasteiger partial charge is 0.258 e. The number of aromatic nitrogens is 2. The Hall–Kier alpha value is -1.65. The SMILES string of the molecule is Cc1cc(OCC(=O)NC2CCCCC2)ncn1. The van der Waals surface area contributed by atoms with E-state index in [0.717, 1.165) is 18.5 Å². The Morgan fingerprint density at radius 2 is 2.17 bits per heavy atom. The number of hydrogen-bond donors (Lipinski definition) is 1. The third-order valence-electron chi connectivity index (χ3n) is 3.10. The Morgan fingerprint density at radius 3 is 2.89 bits per heavy atom. The van der Waals surface area contributed by atoms with Crippen LogP contribution in [0.15, 0.2) is 12.4 Å². The molecule has 0 aromatic carbocycles. The van der Waals surface area contributed by atoms with Gasteiger partial charge in [0, 0.05) is 17.8 Å². The monoisotopic (exact) mass is 249 g/mol. The first-order valence-electron chi connectivity index (χ1n) is 6.45. The van der Waals surface area contributed by atoms with Crippen LogP contribution in [0.4, 0.5) is 0 Å². The van der Waals surface area contributed by atoms with E-state index in [2.05, 4.69) is 15.3 Å². The van der Waals surface area contributed by atoms with E-state index in [1.54, 1.807) is 6.07 Å². The Labute approximate surface area is 107 Å².